The summed E-state index contributed by atoms with van der Waals surface area (Å²) in [4.78, 5) is 9.48. The molecule has 5 nitrogen and oxygen atoms in total. The molecule has 0 saturated carbocycles. The van der Waals surface area contributed by atoms with Crippen molar-refractivity contribution in [3.8, 4) is 28.4 Å². The number of anilines is 2. The van der Waals surface area contributed by atoms with Crippen LogP contribution in [-0.4, -0.2) is 9.55 Å². The Bertz CT molecular complexity index is 3000. The third-order valence-electron chi connectivity index (χ3n) is 12.7. The fraction of sp³-hybridized carbons (Fsp3) is 0.254. The van der Waals surface area contributed by atoms with Gasteiger partial charge in [0, 0.05) is 61.1 Å². The Hall–Kier alpha value is -5.90. The summed E-state index contributed by atoms with van der Waals surface area (Å²) >= 11 is 0. The molecule has 0 bridgehead atoms. The molecule has 0 spiro atoms. The van der Waals surface area contributed by atoms with Gasteiger partial charge >= 0.3 is 0 Å². The monoisotopic (exact) mass is 1030 g/mol. The van der Waals surface area contributed by atoms with Gasteiger partial charge in [0.15, 0.2) is 0 Å². The second-order valence-corrected chi connectivity index (χ2v) is 20.8. The Morgan fingerprint density at radius 3 is 1.85 bits per heavy atom. The largest absolute Gasteiger partial charge is 0.509 e. The maximum absolute atomic E-state index is 6.75. The van der Waals surface area contributed by atoms with Gasteiger partial charge in [0.25, 0.3) is 0 Å². The Kier molecular flexibility index (Phi) is 12.0. The minimum absolute atomic E-state index is 0. The molecular formula is C59H59N4OPt-3. The van der Waals surface area contributed by atoms with Crippen LogP contribution in [0, 0.1) is 18.8 Å². The van der Waals surface area contributed by atoms with Gasteiger partial charge in [-0.05, 0) is 91.5 Å². The molecule has 2 aromatic heterocycles. The third kappa shape index (κ3) is 9.05. The zero-order valence-electron chi connectivity index (χ0n) is 39.5. The van der Waals surface area contributed by atoms with Crippen LogP contribution >= 0.6 is 0 Å². The minimum Gasteiger partial charge on any atom is -0.509 e. The maximum atomic E-state index is 6.75. The van der Waals surface area contributed by atoms with Crippen LogP contribution in [-0.2, 0) is 42.7 Å². The molecule has 334 valence electrons. The molecule has 6 heteroatoms. The van der Waals surface area contributed by atoms with Crippen LogP contribution in [0.2, 0.25) is 0 Å². The van der Waals surface area contributed by atoms with Gasteiger partial charge in [-0.3, -0.25) is 0 Å². The van der Waals surface area contributed by atoms with Crippen molar-refractivity contribution < 1.29 is 25.8 Å². The van der Waals surface area contributed by atoms with E-state index < -0.39 is 0 Å². The Morgan fingerprint density at radius 1 is 0.538 bits per heavy atom. The van der Waals surface area contributed by atoms with Gasteiger partial charge in [-0.25, -0.2) is 4.98 Å². The van der Waals surface area contributed by atoms with Gasteiger partial charge in [0.05, 0.1) is 0 Å². The summed E-state index contributed by atoms with van der Waals surface area (Å²) in [5.41, 5.74) is 12.1. The van der Waals surface area contributed by atoms with Crippen molar-refractivity contribution in [2.24, 2.45) is 0 Å². The summed E-state index contributed by atoms with van der Waals surface area (Å²) in [7, 11) is 0. The average Bonchev–Trinajstić information content (AvgIpc) is 3.87. The fourth-order valence-electron chi connectivity index (χ4n) is 8.63. The van der Waals surface area contributed by atoms with Gasteiger partial charge in [0.2, 0.25) is 0 Å². The molecule has 9 rings (SSSR count). The molecule has 1 aliphatic rings. The molecule has 0 aliphatic carbocycles. The van der Waals surface area contributed by atoms with E-state index in [4.69, 9.17) is 9.72 Å². The quantitative estimate of drug-likeness (QED) is 0.142. The molecule has 1 aliphatic heterocycles. The first-order valence-electron chi connectivity index (χ1n) is 22.4. The first kappa shape index (κ1) is 45.7. The molecule has 0 fully saturated rings. The number of ether oxygens (including phenoxy) is 1. The summed E-state index contributed by atoms with van der Waals surface area (Å²) in [6.45, 7) is 27.2. The van der Waals surface area contributed by atoms with Crippen LogP contribution in [0.1, 0.15) is 98.4 Å². The molecule has 0 unspecified atom stereocenters. The van der Waals surface area contributed by atoms with Crippen molar-refractivity contribution in [1.82, 2.24) is 9.55 Å². The second-order valence-electron chi connectivity index (χ2n) is 20.8. The summed E-state index contributed by atoms with van der Waals surface area (Å²) in [5, 5.41) is 2.21. The Labute approximate surface area is 401 Å². The standard InChI is InChI=1S/C59H59N4O.Pt/c1-56(2,3)43-29-30-60-55(35-43)63-52-28-25-41(40-19-14-12-15-20-40)31-51(52)50-27-26-49(37-53(50)63)64-48-24-18-23-46(36-48)62-39-61(38-54(62)59(10,11)42-21-16-13-17-22-42)47-33-44(57(4,5)6)32-45(34-47)58(7,8)9;/h12-35,38-39H,1-11H3;/q-3;. The number of rotatable bonds is 8. The van der Waals surface area contributed by atoms with E-state index >= 15 is 0 Å². The molecule has 6 aromatic carbocycles. The molecule has 0 amide bonds. The summed E-state index contributed by atoms with van der Waals surface area (Å²) in [6.07, 6.45) is 4.20. The Balaban J connectivity index is 0.00000576. The first-order chi connectivity index (χ1) is 30.3. The van der Waals surface area contributed by atoms with E-state index in [1.165, 1.54) is 27.8 Å². The average molecular weight is 1040 g/mol. The van der Waals surface area contributed by atoms with Gasteiger partial charge in [-0.2, -0.15) is 12.1 Å². The topological polar surface area (TPSA) is 33.5 Å². The molecule has 0 N–H and O–H groups in total. The van der Waals surface area contributed by atoms with Crippen molar-refractivity contribution in [1.29, 1.82) is 0 Å². The van der Waals surface area contributed by atoms with E-state index in [-0.39, 0.29) is 42.7 Å². The number of pyridine rings is 1. The zero-order chi connectivity index (χ0) is 45.2. The van der Waals surface area contributed by atoms with Crippen LogP contribution in [0.5, 0.6) is 11.5 Å². The predicted molar refractivity (Wildman–Crippen MR) is 268 cm³/mol. The number of allylic oxidation sites excluding steroid dienone is 1. The van der Waals surface area contributed by atoms with E-state index in [0.717, 1.165) is 50.3 Å². The third-order valence-corrected chi connectivity index (χ3v) is 12.7. The normalized spacial score (nSPS) is 13.6. The van der Waals surface area contributed by atoms with Crippen LogP contribution in [0.3, 0.4) is 0 Å². The first-order valence-corrected chi connectivity index (χ1v) is 22.4. The Morgan fingerprint density at radius 2 is 1.18 bits per heavy atom. The minimum atomic E-state index is -0.351. The van der Waals surface area contributed by atoms with Crippen LogP contribution < -0.4 is 14.5 Å². The number of nitrogens with zero attached hydrogens (tertiary/aromatic N) is 4. The molecule has 3 heterocycles. The van der Waals surface area contributed by atoms with Crippen molar-refractivity contribution in [2.45, 2.75) is 97.8 Å². The molecule has 0 atom stereocenters. The number of hydrogen-bond donors (Lipinski definition) is 0. The van der Waals surface area contributed by atoms with Crippen molar-refractivity contribution in [2.75, 3.05) is 9.80 Å². The van der Waals surface area contributed by atoms with Crippen LogP contribution in [0.25, 0.3) is 38.8 Å². The second kappa shape index (κ2) is 17.1. The molecular weight excluding hydrogens is 976 g/mol. The smallest absolute Gasteiger partial charge is 0.135 e. The summed E-state index contributed by atoms with van der Waals surface area (Å²) < 4.78 is 8.97. The molecule has 0 radical (unpaired) electrons. The molecule has 0 saturated heterocycles. The summed E-state index contributed by atoms with van der Waals surface area (Å²) in [5.74, 6) is 2.05. The molecule has 8 aromatic rings. The van der Waals surface area contributed by atoms with Crippen LogP contribution in [0.15, 0.2) is 158 Å². The number of aromatic nitrogens is 2. The van der Waals surface area contributed by atoms with Crippen LogP contribution in [0.4, 0.5) is 11.4 Å². The molecule has 65 heavy (non-hydrogen) atoms. The van der Waals surface area contributed by atoms with Gasteiger partial charge in [-0.15, -0.1) is 48.1 Å². The van der Waals surface area contributed by atoms with Crippen molar-refractivity contribution >= 4 is 33.2 Å². The summed E-state index contributed by atoms with van der Waals surface area (Å²) in [6, 6.07) is 57.0. The van der Waals surface area contributed by atoms with E-state index in [2.05, 4.69) is 237 Å². The van der Waals surface area contributed by atoms with E-state index in [9.17, 15) is 0 Å². The van der Waals surface area contributed by atoms with Crippen molar-refractivity contribution in [3.63, 3.8) is 0 Å². The van der Waals surface area contributed by atoms with E-state index in [1.54, 1.807) is 0 Å². The van der Waals surface area contributed by atoms with Crippen molar-refractivity contribution in [3.05, 3.63) is 199 Å². The van der Waals surface area contributed by atoms with E-state index in [0.29, 0.717) is 11.5 Å². The van der Waals surface area contributed by atoms with Gasteiger partial charge in [-0.1, -0.05) is 161 Å². The number of hydrogen-bond acceptors (Lipinski definition) is 4. The van der Waals surface area contributed by atoms with E-state index in [1.807, 2.05) is 24.4 Å². The van der Waals surface area contributed by atoms with Gasteiger partial charge in [0.1, 0.15) is 5.82 Å². The predicted octanol–water partition coefficient (Wildman–Crippen LogP) is 15.4. The fourth-order valence-corrected chi connectivity index (χ4v) is 8.63. The number of fused-ring (bicyclic) bond motifs is 3. The van der Waals surface area contributed by atoms with Gasteiger partial charge < -0.3 is 19.1 Å². The zero-order valence-corrected chi connectivity index (χ0v) is 41.8. The maximum Gasteiger partial charge on any atom is 0.135 e. The number of benzene rings is 6. The SMILES string of the molecule is CC(C)(C)c1cc(N2C=C(C(C)(C)c3ccccc3)N(c3[c-]c(Oc4[c-]c5c(cc4)c4cc(-c6ccccc6)ccc4n5-c4cc(C(C)(C)C)ccn4)ccc3)[CH-]2)cc(C(C)(C)C)c1.[Pt].